The van der Waals surface area contributed by atoms with Gasteiger partial charge in [0.1, 0.15) is 18.2 Å². The standard InChI is InChI=1S/C31H43N5O8S/c1-31(2,3)44-30(40)35-15-7-10-22(18-35)28(32)26(37)17-25(29(39)36(23-12-13-23)19-27(38)33-43-4)34-45(41,42)24-14-11-20-8-5-6-9-21(20)16-24/h5-6,8-9,11,14,16,22-23,25,28,34H,7,10,12-13,15,17-19,32H2,1-4H3,(H,33,38)/t22-,25?,28-/m0/s1. The third-order valence-corrected chi connectivity index (χ3v) is 9.29. The van der Waals surface area contributed by atoms with E-state index < -0.39 is 63.7 Å². The molecule has 2 aromatic rings. The molecule has 4 rings (SSSR count). The number of nitrogens with two attached hydrogens (primary N) is 1. The van der Waals surface area contributed by atoms with Crippen LogP contribution in [0.4, 0.5) is 4.79 Å². The third-order valence-electron chi connectivity index (χ3n) is 7.82. The van der Waals surface area contributed by atoms with Gasteiger partial charge in [-0.25, -0.2) is 18.7 Å². The van der Waals surface area contributed by atoms with E-state index in [0.29, 0.717) is 37.6 Å². The number of hydrogen-bond donors (Lipinski definition) is 3. The lowest BCUT2D eigenvalue weighted by Gasteiger charge is -2.36. The fourth-order valence-electron chi connectivity index (χ4n) is 5.44. The molecule has 1 aliphatic heterocycles. The highest BCUT2D eigenvalue weighted by atomic mass is 32.2. The number of fused-ring (bicyclic) bond motifs is 1. The van der Waals surface area contributed by atoms with Crippen LogP contribution in [0.2, 0.25) is 0 Å². The Morgan fingerprint density at radius 3 is 2.40 bits per heavy atom. The number of rotatable bonds is 12. The second-order valence-electron chi connectivity index (χ2n) is 12.6. The molecule has 1 aliphatic carbocycles. The second kappa shape index (κ2) is 14.2. The van der Waals surface area contributed by atoms with Gasteiger partial charge >= 0.3 is 6.09 Å². The molecule has 3 amide bonds. The monoisotopic (exact) mass is 645 g/mol. The summed E-state index contributed by atoms with van der Waals surface area (Å²) in [6.45, 7) is 5.57. The lowest BCUT2D eigenvalue weighted by Crippen LogP contribution is -2.55. The average molecular weight is 646 g/mol. The predicted molar refractivity (Wildman–Crippen MR) is 166 cm³/mol. The first-order valence-electron chi connectivity index (χ1n) is 15.1. The molecule has 1 heterocycles. The Morgan fingerprint density at radius 1 is 1.07 bits per heavy atom. The fourth-order valence-corrected chi connectivity index (χ4v) is 6.66. The zero-order chi connectivity index (χ0) is 32.9. The molecule has 1 unspecified atom stereocenters. The molecule has 45 heavy (non-hydrogen) atoms. The fraction of sp³-hybridized carbons (Fsp3) is 0.548. The number of ketones is 1. The number of amides is 3. The van der Waals surface area contributed by atoms with Crippen LogP contribution < -0.4 is 15.9 Å². The first-order chi connectivity index (χ1) is 21.2. The van der Waals surface area contributed by atoms with E-state index in [4.69, 9.17) is 10.5 Å². The van der Waals surface area contributed by atoms with Gasteiger partial charge in [0, 0.05) is 25.6 Å². The van der Waals surface area contributed by atoms with Gasteiger partial charge < -0.3 is 20.3 Å². The molecule has 2 aromatic carbocycles. The molecule has 2 fully saturated rings. The summed E-state index contributed by atoms with van der Waals surface area (Å²) >= 11 is 0. The Bertz CT molecular complexity index is 1520. The maximum absolute atomic E-state index is 13.9. The molecular weight excluding hydrogens is 602 g/mol. The van der Waals surface area contributed by atoms with Gasteiger partial charge in [-0.2, -0.15) is 4.72 Å². The molecule has 0 aromatic heterocycles. The van der Waals surface area contributed by atoms with Gasteiger partial charge in [-0.3, -0.25) is 19.2 Å². The minimum atomic E-state index is -4.29. The van der Waals surface area contributed by atoms with Gasteiger partial charge in [0.25, 0.3) is 5.91 Å². The van der Waals surface area contributed by atoms with Crippen LogP contribution >= 0.6 is 0 Å². The summed E-state index contributed by atoms with van der Waals surface area (Å²) in [5, 5.41) is 1.52. The van der Waals surface area contributed by atoms with Crippen molar-refractivity contribution in [3.63, 3.8) is 0 Å². The van der Waals surface area contributed by atoms with Crippen LogP contribution in [0.15, 0.2) is 47.4 Å². The van der Waals surface area contributed by atoms with Crippen LogP contribution in [0.25, 0.3) is 10.8 Å². The molecule has 2 aliphatic rings. The Kier molecular flexibility index (Phi) is 10.8. The maximum Gasteiger partial charge on any atom is 0.410 e. The number of sulfonamides is 1. The number of benzene rings is 2. The van der Waals surface area contributed by atoms with Gasteiger partial charge in [0.05, 0.1) is 18.0 Å². The largest absolute Gasteiger partial charge is 0.444 e. The SMILES string of the molecule is CONC(=O)CN(C(=O)C(CC(=O)[C@@H](N)[C@H]1CCCN(C(=O)OC(C)(C)C)C1)NS(=O)(=O)c1ccc2ccccc2c1)C1CC1. The summed E-state index contributed by atoms with van der Waals surface area (Å²) in [7, 11) is -3.03. The van der Waals surface area contributed by atoms with Gasteiger partial charge in [0.2, 0.25) is 15.9 Å². The summed E-state index contributed by atoms with van der Waals surface area (Å²) in [6.07, 6.45) is 1.39. The molecule has 0 spiro atoms. The number of piperidine rings is 1. The van der Waals surface area contributed by atoms with E-state index in [1.807, 2.05) is 12.1 Å². The van der Waals surface area contributed by atoms with E-state index in [1.165, 1.54) is 29.0 Å². The molecule has 0 radical (unpaired) electrons. The lowest BCUT2D eigenvalue weighted by atomic mass is 9.87. The zero-order valence-corrected chi connectivity index (χ0v) is 27.0. The smallest absolute Gasteiger partial charge is 0.410 e. The van der Waals surface area contributed by atoms with Crippen LogP contribution in [0.3, 0.4) is 0 Å². The number of ether oxygens (including phenoxy) is 1. The molecule has 0 bridgehead atoms. The second-order valence-corrected chi connectivity index (χ2v) is 14.3. The Balaban J connectivity index is 1.56. The van der Waals surface area contributed by atoms with E-state index in [9.17, 15) is 27.6 Å². The van der Waals surface area contributed by atoms with E-state index >= 15 is 0 Å². The van der Waals surface area contributed by atoms with Gasteiger partial charge in [-0.05, 0) is 75.3 Å². The van der Waals surface area contributed by atoms with Crippen molar-refractivity contribution >= 4 is 44.5 Å². The van der Waals surface area contributed by atoms with Crippen molar-refractivity contribution in [3.8, 4) is 0 Å². The van der Waals surface area contributed by atoms with Gasteiger partial charge in [0.15, 0.2) is 5.78 Å². The summed E-state index contributed by atoms with van der Waals surface area (Å²) in [6, 6.07) is 8.94. The first-order valence-corrected chi connectivity index (χ1v) is 16.6. The van der Waals surface area contributed by atoms with Crippen LogP contribution in [0.1, 0.15) is 52.9 Å². The number of nitrogens with zero attached hydrogens (tertiary/aromatic N) is 2. The van der Waals surface area contributed by atoms with Crippen molar-refractivity contribution in [3.05, 3.63) is 42.5 Å². The van der Waals surface area contributed by atoms with E-state index in [0.717, 1.165) is 5.39 Å². The highest BCUT2D eigenvalue weighted by Gasteiger charge is 2.41. The molecule has 14 heteroatoms. The van der Waals surface area contributed by atoms with Crippen molar-refractivity contribution in [2.75, 3.05) is 26.7 Å². The van der Waals surface area contributed by atoms with Crippen LogP contribution in [0, 0.1) is 5.92 Å². The van der Waals surface area contributed by atoms with Gasteiger partial charge in [-0.1, -0.05) is 30.3 Å². The molecular formula is C31H43N5O8S. The highest BCUT2D eigenvalue weighted by molar-refractivity contribution is 7.89. The van der Waals surface area contributed by atoms with E-state index in [2.05, 4.69) is 15.0 Å². The number of hydrogen-bond acceptors (Lipinski definition) is 9. The van der Waals surface area contributed by atoms with Crippen LogP contribution in [-0.2, 0) is 34.0 Å². The van der Waals surface area contributed by atoms with E-state index in [1.54, 1.807) is 39.0 Å². The van der Waals surface area contributed by atoms with Crippen LogP contribution in [0.5, 0.6) is 0 Å². The first kappa shape index (κ1) is 34.3. The molecule has 1 saturated carbocycles. The normalized spacial score (nSPS) is 18.6. The van der Waals surface area contributed by atoms with Crippen molar-refractivity contribution in [1.29, 1.82) is 0 Å². The number of nitrogens with one attached hydrogen (secondary N) is 2. The molecule has 246 valence electrons. The van der Waals surface area contributed by atoms with Gasteiger partial charge in [-0.15, -0.1) is 0 Å². The van der Waals surface area contributed by atoms with Crippen molar-refractivity contribution in [2.24, 2.45) is 11.7 Å². The Morgan fingerprint density at radius 2 is 1.76 bits per heavy atom. The minimum Gasteiger partial charge on any atom is -0.444 e. The molecule has 4 N–H and O–H groups in total. The lowest BCUT2D eigenvalue weighted by molar-refractivity contribution is -0.142. The number of hydroxylamine groups is 1. The van der Waals surface area contributed by atoms with Crippen molar-refractivity contribution < 1.29 is 37.2 Å². The quantitative estimate of drug-likeness (QED) is 0.292. The predicted octanol–water partition coefficient (Wildman–Crippen LogP) is 2.09. The summed E-state index contributed by atoms with van der Waals surface area (Å²) in [4.78, 5) is 60.0. The average Bonchev–Trinajstić information content (AvgIpc) is 3.83. The summed E-state index contributed by atoms with van der Waals surface area (Å²) in [5.74, 6) is -2.27. The van der Waals surface area contributed by atoms with Crippen LogP contribution in [-0.4, -0.2) is 92.4 Å². The van der Waals surface area contributed by atoms with Crippen molar-refractivity contribution in [1.82, 2.24) is 20.0 Å². The number of carbonyl (C=O) groups excluding carboxylic acids is 4. The third kappa shape index (κ3) is 9.22. The zero-order valence-electron chi connectivity index (χ0n) is 26.2. The summed E-state index contributed by atoms with van der Waals surface area (Å²) in [5.41, 5.74) is 7.91. The number of carbonyl (C=O) groups is 4. The highest BCUT2D eigenvalue weighted by Crippen LogP contribution is 2.29. The van der Waals surface area contributed by atoms with E-state index in [-0.39, 0.29) is 24.0 Å². The minimum absolute atomic E-state index is 0.0777. The topological polar surface area (TPSA) is 177 Å². The maximum atomic E-state index is 13.9. The Hall–Kier alpha value is -3.59. The Labute approximate surface area is 263 Å². The number of likely N-dealkylation sites (tertiary alicyclic amines) is 1. The molecule has 1 saturated heterocycles. The molecule has 13 nitrogen and oxygen atoms in total. The summed E-state index contributed by atoms with van der Waals surface area (Å²) < 4.78 is 35.2. The van der Waals surface area contributed by atoms with Crippen molar-refractivity contribution in [2.45, 2.75) is 81.5 Å². The molecule has 3 atom stereocenters. The number of Topliss-reactive ketones (excluding diaryl/α,β-unsaturated/α-hetero) is 1.